The van der Waals surface area contributed by atoms with E-state index in [-0.39, 0.29) is 31.0 Å². The van der Waals surface area contributed by atoms with Crippen molar-refractivity contribution in [2.24, 2.45) is 7.05 Å². The molecule has 2 aliphatic rings. The predicted octanol–water partition coefficient (Wildman–Crippen LogP) is 6.44. The lowest BCUT2D eigenvalue weighted by atomic mass is 9.83. The Bertz CT molecular complexity index is 1920. The van der Waals surface area contributed by atoms with Crippen molar-refractivity contribution in [1.29, 1.82) is 0 Å². The summed E-state index contributed by atoms with van der Waals surface area (Å²) in [6.45, 7) is 1.72. The molecule has 3 aromatic heterocycles. The lowest BCUT2D eigenvalue weighted by Gasteiger charge is -2.46. The van der Waals surface area contributed by atoms with Crippen molar-refractivity contribution in [2.75, 3.05) is 32.6 Å². The van der Waals surface area contributed by atoms with E-state index in [0.717, 1.165) is 64.9 Å². The first-order valence-corrected chi connectivity index (χ1v) is 15.2. The monoisotopic (exact) mass is 614 g/mol. The summed E-state index contributed by atoms with van der Waals surface area (Å²) in [4.78, 5) is 25.1. The van der Waals surface area contributed by atoms with Crippen LogP contribution in [0.15, 0.2) is 54.9 Å². The van der Waals surface area contributed by atoms with Gasteiger partial charge in [0, 0.05) is 42.4 Å². The van der Waals surface area contributed by atoms with Gasteiger partial charge in [-0.3, -0.25) is 19.1 Å². The lowest BCUT2D eigenvalue weighted by molar-refractivity contribution is -0.150. The Labute approximate surface area is 259 Å². The zero-order valence-electron chi connectivity index (χ0n) is 25.8. The van der Waals surface area contributed by atoms with Crippen molar-refractivity contribution in [3.8, 4) is 22.8 Å². The second-order valence-corrected chi connectivity index (χ2v) is 12.2. The number of carbonyl (C=O) groups excluding carboxylic acids is 1. The summed E-state index contributed by atoms with van der Waals surface area (Å²) in [5.74, 6) is -0.428. The molecule has 234 valence electrons. The smallest absolute Gasteiger partial charge is 0.272 e. The zero-order valence-corrected chi connectivity index (χ0v) is 25.8. The second-order valence-electron chi connectivity index (χ2n) is 12.2. The van der Waals surface area contributed by atoms with Crippen LogP contribution in [0.3, 0.4) is 0 Å². The average molecular weight is 615 g/mol. The van der Waals surface area contributed by atoms with Gasteiger partial charge in [0.15, 0.2) is 0 Å². The standard InChI is InChI=1S/C34H36F2N6O3/c1-20-31-30(39-32(42(31)15-14-37-20)21-8-11-23(12-9-21)41-18-34(35,36)19-41)22-10-13-25(29(16-22)45-4)38-33(43)27-17-24-26(40(27)2)6-5-7-28(24)44-3/h5-7,10,13-17,21,23H,8-9,11-12,18-19H2,1-4H3,(H,38,43)/t21-,23+. The fourth-order valence-electron chi connectivity index (χ4n) is 7.07. The quantitative estimate of drug-likeness (QED) is 0.227. The Morgan fingerprint density at radius 1 is 1.02 bits per heavy atom. The number of rotatable bonds is 7. The summed E-state index contributed by atoms with van der Waals surface area (Å²) in [7, 11) is 5.04. The molecule has 7 rings (SSSR count). The molecule has 0 unspecified atom stereocenters. The van der Waals surface area contributed by atoms with Crippen LogP contribution in [0.2, 0.25) is 0 Å². The highest BCUT2D eigenvalue weighted by atomic mass is 19.3. The zero-order chi connectivity index (χ0) is 31.5. The van der Waals surface area contributed by atoms with Gasteiger partial charge in [0.25, 0.3) is 11.8 Å². The maximum Gasteiger partial charge on any atom is 0.272 e. The van der Waals surface area contributed by atoms with Crippen molar-refractivity contribution >= 4 is 28.0 Å². The summed E-state index contributed by atoms with van der Waals surface area (Å²) in [6.07, 6.45) is 7.26. The summed E-state index contributed by atoms with van der Waals surface area (Å²) < 4.78 is 42.1. The number of hydrogen-bond acceptors (Lipinski definition) is 6. The molecule has 4 heterocycles. The predicted molar refractivity (Wildman–Crippen MR) is 169 cm³/mol. The molecule has 1 saturated carbocycles. The highest BCUT2D eigenvalue weighted by Crippen LogP contribution is 2.41. The van der Waals surface area contributed by atoms with E-state index in [4.69, 9.17) is 14.5 Å². The Morgan fingerprint density at radius 3 is 2.49 bits per heavy atom. The van der Waals surface area contributed by atoms with E-state index in [1.165, 1.54) is 0 Å². The van der Waals surface area contributed by atoms with Gasteiger partial charge in [-0.15, -0.1) is 0 Å². The Kier molecular flexibility index (Phi) is 7.23. The normalized spacial score (nSPS) is 19.9. The molecule has 1 aliphatic heterocycles. The Morgan fingerprint density at radius 2 is 1.78 bits per heavy atom. The van der Waals surface area contributed by atoms with Gasteiger partial charge in [0.1, 0.15) is 23.0 Å². The molecule has 1 saturated heterocycles. The molecule has 45 heavy (non-hydrogen) atoms. The summed E-state index contributed by atoms with van der Waals surface area (Å²) in [6, 6.07) is 13.4. The van der Waals surface area contributed by atoms with Gasteiger partial charge in [-0.25, -0.2) is 13.8 Å². The van der Waals surface area contributed by atoms with Crippen LogP contribution in [-0.2, 0) is 7.05 Å². The SMILES string of the molecule is COc1cc(-c2nc([C@H]3CC[C@@H](N4CC(F)(F)C4)CC3)n3ccnc(C)c23)ccc1NC(=O)c1cc2c(OC)cccc2n1C. The summed E-state index contributed by atoms with van der Waals surface area (Å²) >= 11 is 0. The Hall–Kier alpha value is -4.51. The number of halogens is 2. The lowest BCUT2D eigenvalue weighted by Crippen LogP contribution is -2.60. The molecule has 1 aliphatic carbocycles. The second kappa shape index (κ2) is 11.1. The number of fused-ring (bicyclic) bond motifs is 2. The molecule has 1 N–H and O–H groups in total. The number of imidazole rings is 1. The van der Waals surface area contributed by atoms with E-state index in [1.54, 1.807) is 20.4 Å². The van der Waals surface area contributed by atoms with Crippen LogP contribution >= 0.6 is 0 Å². The third-order valence-corrected chi connectivity index (χ3v) is 9.43. The molecule has 9 nitrogen and oxygen atoms in total. The van der Waals surface area contributed by atoms with Crippen LogP contribution in [0.4, 0.5) is 14.5 Å². The number of ether oxygens (including phenoxy) is 2. The number of carbonyl (C=O) groups is 1. The van der Waals surface area contributed by atoms with Gasteiger partial charge in [0.2, 0.25) is 0 Å². The fourth-order valence-corrected chi connectivity index (χ4v) is 7.07. The number of anilines is 1. The minimum atomic E-state index is -2.54. The van der Waals surface area contributed by atoms with Crippen molar-refractivity contribution < 1.29 is 23.0 Å². The highest BCUT2D eigenvalue weighted by molar-refractivity contribution is 6.08. The molecule has 0 bridgehead atoms. The number of alkyl halides is 2. The van der Waals surface area contributed by atoms with Crippen molar-refractivity contribution in [3.05, 3.63) is 72.1 Å². The van der Waals surface area contributed by atoms with E-state index in [9.17, 15) is 13.6 Å². The molecule has 0 radical (unpaired) electrons. The van der Waals surface area contributed by atoms with Crippen LogP contribution in [0.5, 0.6) is 11.5 Å². The molecule has 2 aromatic carbocycles. The molecule has 5 aromatic rings. The van der Waals surface area contributed by atoms with Gasteiger partial charge in [-0.05, 0) is 62.9 Å². The molecule has 11 heteroatoms. The number of likely N-dealkylation sites (tertiary alicyclic amines) is 1. The topological polar surface area (TPSA) is 85.9 Å². The number of methoxy groups -OCH3 is 2. The molecular formula is C34H36F2N6O3. The number of aryl methyl sites for hydroxylation is 2. The summed E-state index contributed by atoms with van der Waals surface area (Å²) in [5, 5.41) is 3.87. The molecular weight excluding hydrogens is 578 g/mol. The van der Waals surface area contributed by atoms with Crippen molar-refractivity contribution in [1.82, 2.24) is 23.8 Å². The van der Waals surface area contributed by atoms with Crippen LogP contribution < -0.4 is 14.8 Å². The fraction of sp³-hybridized carbons (Fsp3) is 0.382. The van der Waals surface area contributed by atoms with Gasteiger partial charge < -0.3 is 19.4 Å². The summed E-state index contributed by atoms with van der Waals surface area (Å²) in [5.41, 5.74) is 5.32. The van der Waals surface area contributed by atoms with Crippen LogP contribution in [0, 0.1) is 6.92 Å². The van der Waals surface area contributed by atoms with E-state index >= 15 is 0 Å². The number of nitrogens with zero attached hydrogens (tertiary/aromatic N) is 5. The van der Waals surface area contributed by atoms with E-state index in [1.807, 2.05) is 72.1 Å². The minimum Gasteiger partial charge on any atom is -0.496 e. The number of hydrogen-bond donors (Lipinski definition) is 1. The third-order valence-electron chi connectivity index (χ3n) is 9.43. The number of amides is 1. The van der Waals surface area contributed by atoms with Crippen molar-refractivity contribution in [2.45, 2.75) is 50.5 Å². The molecule has 0 atom stereocenters. The maximum atomic E-state index is 13.5. The average Bonchev–Trinajstić information content (AvgIpc) is 3.59. The van der Waals surface area contributed by atoms with Crippen LogP contribution in [-0.4, -0.2) is 69.0 Å². The third kappa shape index (κ3) is 5.08. The maximum absolute atomic E-state index is 13.5. The number of aromatic nitrogens is 4. The van der Waals surface area contributed by atoms with Crippen molar-refractivity contribution in [3.63, 3.8) is 0 Å². The van der Waals surface area contributed by atoms with Gasteiger partial charge in [-0.2, -0.15) is 0 Å². The van der Waals surface area contributed by atoms with Gasteiger partial charge in [-0.1, -0.05) is 12.1 Å². The minimum absolute atomic E-state index is 0.126. The number of benzene rings is 2. The first-order valence-electron chi connectivity index (χ1n) is 15.2. The van der Waals surface area contributed by atoms with E-state index in [0.29, 0.717) is 22.9 Å². The molecule has 0 spiro atoms. The largest absolute Gasteiger partial charge is 0.496 e. The van der Waals surface area contributed by atoms with Crippen LogP contribution in [0.25, 0.3) is 27.7 Å². The number of nitrogens with one attached hydrogen (secondary N) is 1. The highest BCUT2D eigenvalue weighted by Gasteiger charge is 2.47. The molecule has 2 fully saturated rings. The Balaban J connectivity index is 1.16. The first-order chi connectivity index (χ1) is 21.7. The first kappa shape index (κ1) is 29.2. The van der Waals surface area contributed by atoms with E-state index < -0.39 is 5.92 Å². The van der Waals surface area contributed by atoms with Crippen LogP contribution in [0.1, 0.15) is 53.6 Å². The van der Waals surface area contributed by atoms with E-state index in [2.05, 4.69) is 14.7 Å². The molecule has 1 amide bonds. The van der Waals surface area contributed by atoms with Gasteiger partial charge in [0.05, 0.1) is 55.4 Å². The van der Waals surface area contributed by atoms with Gasteiger partial charge >= 0.3 is 0 Å².